The van der Waals surface area contributed by atoms with E-state index in [4.69, 9.17) is 9.47 Å². The Morgan fingerprint density at radius 3 is 2.17 bits per heavy atom. The lowest BCUT2D eigenvalue weighted by Crippen LogP contribution is -2.24. The molecule has 120 valence electrons. The maximum atomic E-state index is 12.1. The van der Waals surface area contributed by atoms with E-state index in [1.807, 2.05) is 55.5 Å². The van der Waals surface area contributed by atoms with Gasteiger partial charge in [-0.15, -0.1) is 0 Å². The van der Waals surface area contributed by atoms with Crippen LogP contribution in [-0.4, -0.2) is 20.1 Å². The average Bonchev–Trinajstić information content (AvgIpc) is 2.60. The highest BCUT2D eigenvalue weighted by Gasteiger charge is 2.09. The zero-order valence-corrected chi connectivity index (χ0v) is 13.6. The lowest BCUT2D eigenvalue weighted by Gasteiger charge is -2.13. The van der Waals surface area contributed by atoms with E-state index < -0.39 is 0 Å². The molecule has 0 radical (unpaired) electrons. The Morgan fingerprint density at radius 2 is 1.61 bits per heavy atom. The van der Waals surface area contributed by atoms with Crippen LogP contribution in [0.5, 0.6) is 11.5 Å². The minimum Gasteiger partial charge on any atom is -0.496 e. The second-order valence-corrected chi connectivity index (χ2v) is 5.05. The largest absolute Gasteiger partial charge is 0.496 e. The molecule has 0 aliphatic heterocycles. The minimum atomic E-state index is -0.172. The zero-order chi connectivity index (χ0) is 16.7. The van der Waals surface area contributed by atoms with Crippen LogP contribution in [0.15, 0.2) is 54.6 Å². The van der Waals surface area contributed by atoms with Crippen LogP contribution in [0.2, 0.25) is 0 Å². The molecule has 1 amide bonds. The second-order valence-electron chi connectivity index (χ2n) is 5.05. The molecular formula is C19H21NO3. The lowest BCUT2D eigenvalue weighted by atomic mass is 10.1. The summed E-state index contributed by atoms with van der Waals surface area (Å²) in [5.74, 6) is 1.14. The monoisotopic (exact) mass is 311 g/mol. The molecular weight excluding hydrogens is 290 g/mol. The first-order valence-corrected chi connectivity index (χ1v) is 7.40. The summed E-state index contributed by atoms with van der Waals surface area (Å²) in [5, 5.41) is 2.93. The molecule has 0 bridgehead atoms. The molecule has 1 unspecified atom stereocenters. The molecule has 1 N–H and O–H groups in total. The Balaban J connectivity index is 2.10. The van der Waals surface area contributed by atoms with Crippen LogP contribution >= 0.6 is 0 Å². The summed E-state index contributed by atoms with van der Waals surface area (Å²) in [6.07, 6.45) is 3.19. The Kier molecular flexibility index (Phi) is 5.80. The van der Waals surface area contributed by atoms with Gasteiger partial charge in [-0.3, -0.25) is 4.79 Å². The summed E-state index contributed by atoms with van der Waals surface area (Å²) in [4.78, 5) is 12.1. The molecule has 0 aromatic heterocycles. The fourth-order valence-electron chi connectivity index (χ4n) is 2.29. The van der Waals surface area contributed by atoms with Crippen molar-refractivity contribution in [1.29, 1.82) is 0 Å². The number of carbonyl (C=O) groups is 1. The molecule has 0 saturated carbocycles. The van der Waals surface area contributed by atoms with Crippen molar-refractivity contribution in [3.05, 3.63) is 65.7 Å². The van der Waals surface area contributed by atoms with Crippen LogP contribution in [-0.2, 0) is 4.79 Å². The number of methoxy groups -OCH3 is 2. The number of ether oxygens (including phenoxy) is 2. The van der Waals surface area contributed by atoms with Crippen molar-refractivity contribution in [3.63, 3.8) is 0 Å². The van der Waals surface area contributed by atoms with Gasteiger partial charge in [-0.25, -0.2) is 0 Å². The number of amides is 1. The zero-order valence-electron chi connectivity index (χ0n) is 13.6. The molecule has 0 spiro atoms. The van der Waals surface area contributed by atoms with Crippen molar-refractivity contribution in [2.75, 3.05) is 14.2 Å². The minimum absolute atomic E-state index is 0.0621. The van der Waals surface area contributed by atoms with Crippen molar-refractivity contribution in [2.24, 2.45) is 0 Å². The van der Waals surface area contributed by atoms with Gasteiger partial charge in [0.05, 0.1) is 25.8 Å². The number of hydrogen-bond donors (Lipinski definition) is 1. The van der Waals surface area contributed by atoms with Crippen LogP contribution in [0, 0.1) is 0 Å². The molecule has 0 heterocycles. The molecule has 4 heteroatoms. The Bertz CT molecular complexity index is 658. The normalized spacial score (nSPS) is 12.0. The summed E-state index contributed by atoms with van der Waals surface area (Å²) < 4.78 is 10.6. The van der Waals surface area contributed by atoms with Gasteiger partial charge in [0.2, 0.25) is 5.91 Å². The Morgan fingerprint density at radius 1 is 1.00 bits per heavy atom. The number of benzene rings is 2. The first-order valence-electron chi connectivity index (χ1n) is 7.40. The Labute approximate surface area is 136 Å². The van der Waals surface area contributed by atoms with Gasteiger partial charge in [-0.2, -0.15) is 0 Å². The third kappa shape index (κ3) is 4.36. The second kappa shape index (κ2) is 8.03. The summed E-state index contributed by atoms with van der Waals surface area (Å²) in [6.45, 7) is 1.95. The van der Waals surface area contributed by atoms with E-state index in [0.717, 1.165) is 11.1 Å². The Hall–Kier alpha value is -2.75. The molecule has 4 nitrogen and oxygen atoms in total. The van der Waals surface area contributed by atoms with Crippen LogP contribution in [0.3, 0.4) is 0 Å². The van der Waals surface area contributed by atoms with E-state index in [1.54, 1.807) is 20.3 Å². The van der Waals surface area contributed by atoms with Crippen LogP contribution in [0.4, 0.5) is 0 Å². The summed E-state index contributed by atoms with van der Waals surface area (Å²) in [6, 6.07) is 15.3. The average molecular weight is 311 g/mol. The highest BCUT2D eigenvalue weighted by Crippen LogP contribution is 2.29. The molecule has 2 aromatic carbocycles. The van der Waals surface area contributed by atoms with Gasteiger partial charge in [0, 0.05) is 6.08 Å². The molecule has 0 fully saturated rings. The highest BCUT2D eigenvalue weighted by atomic mass is 16.5. The SMILES string of the molecule is COc1cccc(OC)c1/C=C/C(=O)NC(C)c1ccccc1. The van der Waals surface area contributed by atoms with Gasteiger partial charge in [0.1, 0.15) is 11.5 Å². The van der Waals surface area contributed by atoms with E-state index in [0.29, 0.717) is 11.5 Å². The molecule has 1 atom stereocenters. The molecule has 0 aliphatic carbocycles. The summed E-state index contributed by atoms with van der Waals surface area (Å²) in [7, 11) is 3.17. The lowest BCUT2D eigenvalue weighted by molar-refractivity contribution is -0.117. The summed E-state index contributed by atoms with van der Waals surface area (Å²) in [5.41, 5.74) is 1.80. The van der Waals surface area contributed by atoms with Gasteiger partial charge >= 0.3 is 0 Å². The number of nitrogens with one attached hydrogen (secondary N) is 1. The quantitative estimate of drug-likeness (QED) is 0.829. The van der Waals surface area contributed by atoms with Gasteiger partial charge in [0.25, 0.3) is 0 Å². The number of rotatable bonds is 6. The maximum Gasteiger partial charge on any atom is 0.244 e. The van der Waals surface area contributed by atoms with E-state index >= 15 is 0 Å². The van der Waals surface area contributed by atoms with Crippen molar-refractivity contribution in [1.82, 2.24) is 5.32 Å². The number of carbonyl (C=O) groups excluding carboxylic acids is 1. The van der Waals surface area contributed by atoms with Crippen molar-refractivity contribution in [2.45, 2.75) is 13.0 Å². The number of hydrogen-bond acceptors (Lipinski definition) is 3. The van der Waals surface area contributed by atoms with E-state index in [-0.39, 0.29) is 11.9 Å². The van der Waals surface area contributed by atoms with Gasteiger partial charge in [-0.1, -0.05) is 36.4 Å². The van der Waals surface area contributed by atoms with Crippen LogP contribution < -0.4 is 14.8 Å². The topological polar surface area (TPSA) is 47.6 Å². The van der Waals surface area contributed by atoms with Gasteiger partial charge in [-0.05, 0) is 30.7 Å². The predicted octanol–water partition coefficient (Wildman–Crippen LogP) is 3.59. The van der Waals surface area contributed by atoms with Crippen LogP contribution in [0.25, 0.3) is 6.08 Å². The van der Waals surface area contributed by atoms with E-state index in [1.165, 1.54) is 6.08 Å². The van der Waals surface area contributed by atoms with Crippen molar-refractivity contribution in [3.8, 4) is 11.5 Å². The molecule has 0 aliphatic rings. The fourth-order valence-corrected chi connectivity index (χ4v) is 2.29. The summed E-state index contributed by atoms with van der Waals surface area (Å²) >= 11 is 0. The third-order valence-corrected chi connectivity index (χ3v) is 3.53. The maximum absolute atomic E-state index is 12.1. The van der Waals surface area contributed by atoms with E-state index in [9.17, 15) is 4.79 Å². The molecule has 23 heavy (non-hydrogen) atoms. The smallest absolute Gasteiger partial charge is 0.244 e. The molecule has 2 aromatic rings. The van der Waals surface area contributed by atoms with Gasteiger partial charge in [0.15, 0.2) is 0 Å². The fraction of sp³-hybridized carbons (Fsp3) is 0.211. The highest BCUT2D eigenvalue weighted by molar-refractivity contribution is 5.92. The predicted molar refractivity (Wildman–Crippen MR) is 91.6 cm³/mol. The van der Waals surface area contributed by atoms with Crippen LogP contribution in [0.1, 0.15) is 24.1 Å². The molecule has 2 rings (SSSR count). The first-order chi connectivity index (χ1) is 11.2. The molecule has 0 saturated heterocycles. The van der Waals surface area contributed by atoms with Crippen molar-refractivity contribution < 1.29 is 14.3 Å². The van der Waals surface area contributed by atoms with E-state index in [2.05, 4.69) is 5.32 Å². The standard InChI is InChI=1S/C19H21NO3/c1-14(15-8-5-4-6-9-15)20-19(21)13-12-16-17(22-2)10-7-11-18(16)23-3/h4-14H,1-3H3,(H,20,21)/b13-12+. The van der Waals surface area contributed by atoms with Gasteiger partial charge < -0.3 is 14.8 Å². The first kappa shape index (κ1) is 16.6. The third-order valence-electron chi connectivity index (χ3n) is 3.53. The van der Waals surface area contributed by atoms with Crippen molar-refractivity contribution >= 4 is 12.0 Å².